The second-order valence-electron chi connectivity index (χ2n) is 4.09. The van der Waals surface area contributed by atoms with Gasteiger partial charge in [-0.15, -0.1) is 0 Å². The van der Waals surface area contributed by atoms with Gasteiger partial charge in [-0.25, -0.2) is 4.79 Å². The molecule has 0 radical (unpaired) electrons. The van der Waals surface area contributed by atoms with E-state index < -0.39 is 0 Å². The zero-order chi connectivity index (χ0) is 10.8. The van der Waals surface area contributed by atoms with Gasteiger partial charge < -0.3 is 9.30 Å². The van der Waals surface area contributed by atoms with E-state index in [2.05, 4.69) is 11.5 Å². The van der Waals surface area contributed by atoms with Gasteiger partial charge in [-0.3, -0.25) is 0 Å². The Balaban J connectivity index is 2.25. The maximum atomic E-state index is 11.5. The molecule has 0 unspecified atom stereocenters. The average molecular weight is 207 g/mol. The minimum absolute atomic E-state index is 0.202. The highest BCUT2D eigenvalue weighted by Crippen LogP contribution is 2.26. The Labute approximate surface area is 90.0 Å². The Hall–Kier alpha value is -1.25. The molecule has 15 heavy (non-hydrogen) atoms. The number of fused-ring (bicyclic) bond motifs is 1. The third-order valence-electron chi connectivity index (χ3n) is 2.97. The lowest BCUT2D eigenvalue weighted by atomic mass is 10.0. The summed E-state index contributed by atoms with van der Waals surface area (Å²) in [6, 6.07) is 2.48. The molecule has 0 aliphatic carbocycles. The summed E-state index contributed by atoms with van der Waals surface area (Å²) >= 11 is 0. The van der Waals surface area contributed by atoms with Gasteiger partial charge in [0.05, 0.1) is 12.2 Å². The van der Waals surface area contributed by atoms with Crippen LogP contribution >= 0.6 is 0 Å². The number of carbonyl (C=O) groups excluding carboxylic acids is 1. The van der Waals surface area contributed by atoms with Crippen LogP contribution in [0.25, 0.3) is 0 Å². The normalized spacial score (nSPS) is 19.7. The zero-order valence-corrected chi connectivity index (χ0v) is 9.32. The summed E-state index contributed by atoms with van der Waals surface area (Å²) in [6.07, 6.45) is 5.41. The van der Waals surface area contributed by atoms with Crippen molar-refractivity contribution in [2.75, 3.05) is 6.61 Å². The fourth-order valence-corrected chi connectivity index (χ4v) is 2.18. The van der Waals surface area contributed by atoms with Gasteiger partial charge in [0.15, 0.2) is 0 Å². The first-order chi connectivity index (χ1) is 7.22. The van der Waals surface area contributed by atoms with E-state index in [4.69, 9.17) is 4.74 Å². The molecule has 1 aromatic heterocycles. The minimum Gasteiger partial charge on any atom is -0.462 e. The lowest BCUT2D eigenvalue weighted by Crippen LogP contribution is -2.13. The largest absolute Gasteiger partial charge is 0.462 e. The number of esters is 1. The number of ether oxygens (including phenoxy) is 1. The summed E-state index contributed by atoms with van der Waals surface area (Å²) in [5.74, 6) is -0.202. The van der Waals surface area contributed by atoms with E-state index >= 15 is 0 Å². The van der Waals surface area contributed by atoms with Gasteiger partial charge in [0.25, 0.3) is 0 Å². The quantitative estimate of drug-likeness (QED) is 0.698. The Morgan fingerprint density at radius 1 is 1.67 bits per heavy atom. The van der Waals surface area contributed by atoms with E-state index in [9.17, 15) is 4.79 Å². The second kappa shape index (κ2) is 4.09. The summed E-state index contributed by atoms with van der Waals surface area (Å²) in [5.41, 5.74) is 1.96. The van der Waals surface area contributed by atoms with Gasteiger partial charge >= 0.3 is 5.97 Å². The summed E-state index contributed by atoms with van der Waals surface area (Å²) in [5, 5.41) is 0. The molecular formula is C12H17NO2. The molecule has 3 nitrogen and oxygen atoms in total. The van der Waals surface area contributed by atoms with E-state index in [1.54, 1.807) is 0 Å². The van der Waals surface area contributed by atoms with Crippen LogP contribution in [0, 0.1) is 0 Å². The molecule has 1 aliphatic heterocycles. The van der Waals surface area contributed by atoms with Crippen molar-refractivity contribution in [1.29, 1.82) is 0 Å². The molecule has 0 bridgehead atoms. The van der Waals surface area contributed by atoms with Crippen LogP contribution in [0.4, 0.5) is 0 Å². The maximum Gasteiger partial charge on any atom is 0.339 e. The third-order valence-corrected chi connectivity index (χ3v) is 2.97. The van der Waals surface area contributed by atoms with Crippen LogP contribution in [-0.4, -0.2) is 17.1 Å². The monoisotopic (exact) mass is 207 g/mol. The lowest BCUT2D eigenvalue weighted by Gasteiger charge is -2.22. The summed E-state index contributed by atoms with van der Waals surface area (Å²) < 4.78 is 7.19. The molecule has 82 valence electrons. The number of hydrogen-bond donors (Lipinski definition) is 0. The van der Waals surface area contributed by atoms with Crippen molar-refractivity contribution in [3.8, 4) is 0 Å². The van der Waals surface area contributed by atoms with Gasteiger partial charge in [-0.2, -0.15) is 0 Å². The highest BCUT2D eigenvalue weighted by Gasteiger charge is 2.19. The van der Waals surface area contributed by atoms with Crippen LogP contribution in [0.5, 0.6) is 0 Å². The fourth-order valence-electron chi connectivity index (χ4n) is 2.18. The van der Waals surface area contributed by atoms with Crippen LogP contribution in [0.1, 0.15) is 48.8 Å². The highest BCUT2D eigenvalue weighted by molar-refractivity contribution is 5.89. The number of aromatic nitrogens is 1. The molecule has 1 aromatic rings. The van der Waals surface area contributed by atoms with Gasteiger partial charge in [-0.1, -0.05) is 0 Å². The first-order valence-corrected chi connectivity index (χ1v) is 5.60. The van der Waals surface area contributed by atoms with Crippen LogP contribution in [0.2, 0.25) is 0 Å². The first kappa shape index (κ1) is 10.3. The topological polar surface area (TPSA) is 31.2 Å². The van der Waals surface area contributed by atoms with E-state index in [1.807, 2.05) is 19.2 Å². The van der Waals surface area contributed by atoms with E-state index in [-0.39, 0.29) is 5.97 Å². The predicted octanol–water partition coefficient (Wildman–Crippen LogP) is 2.56. The van der Waals surface area contributed by atoms with Crippen molar-refractivity contribution in [1.82, 2.24) is 4.57 Å². The summed E-state index contributed by atoms with van der Waals surface area (Å²) in [7, 11) is 0. The molecule has 2 heterocycles. The Morgan fingerprint density at radius 2 is 2.47 bits per heavy atom. The van der Waals surface area contributed by atoms with Crippen molar-refractivity contribution in [2.24, 2.45) is 0 Å². The van der Waals surface area contributed by atoms with Crippen LogP contribution in [0.15, 0.2) is 12.3 Å². The molecule has 0 saturated carbocycles. The number of rotatable bonds is 2. The lowest BCUT2D eigenvalue weighted by molar-refractivity contribution is 0.0526. The number of carbonyl (C=O) groups is 1. The van der Waals surface area contributed by atoms with E-state index in [0.717, 1.165) is 6.42 Å². The first-order valence-electron chi connectivity index (χ1n) is 5.60. The van der Waals surface area contributed by atoms with E-state index in [1.165, 1.54) is 18.5 Å². The van der Waals surface area contributed by atoms with Gasteiger partial charge in [0, 0.05) is 17.9 Å². The van der Waals surface area contributed by atoms with Gasteiger partial charge in [-0.05, 0) is 39.2 Å². The minimum atomic E-state index is -0.202. The molecule has 0 fully saturated rings. The van der Waals surface area contributed by atoms with Crippen LogP contribution < -0.4 is 0 Å². The molecule has 0 saturated heterocycles. The van der Waals surface area contributed by atoms with Crippen molar-refractivity contribution in [3.05, 3.63) is 23.5 Å². The Morgan fingerprint density at radius 3 is 3.13 bits per heavy atom. The van der Waals surface area contributed by atoms with Gasteiger partial charge in [0.2, 0.25) is 0 Å². The van der Waals surface area contributed by atoms with Crippen molar-refractivity contribution in [2.45, 2.75) is 39.2 Å². The number of nitrogens with zero attached hydrogens (tertiary/aromatic N) is 1. The van der Waals surface area contributed by atoms with Crippen molar-refractivity contribution >= 4 is 5.97 Å². The highest BCUT2D eigenvalue weighted by atomic mass is 16.5. The Bertz CT molecular complexity index is 368. The summed E-state index contributed by atoms with van der Waals surface area (Å²) in [6.45, 7) is 4.46. The average Bonchev–Trinajstić information content (AvgIpc) is 2.63. The molecule has 0 spiro atoms. The molecule has 1 aliphatic rings. The SMILES string of the molecule is CCOC(=O)c1cc2n(c1)[C@H](C)CCC2. The molecule has 0 N–H and O–H groups in total. The zero-order valence-electron chi connectivity index (χ0n) is 9.32. The standard InChI is InChI=1S/C12H17NO2/c1-3-15-12(14)10-7-11-6-4-5-9(2)13(11)8-10/h7-9H,3-6H2,1-2H3/t9-/m1/s1. The predicted molar refractivity (Wildman–Crippen MR) is 58.0 cm³/mol. The molecule has 0 aromatic carbocycles. The van der Waals surface area contributed by atoms with Crippen molar-refractivity contribution < 1.29 is 9.53 Å². The molecule has 0 amide bonds. The number of hydrogen-bond acceptors (Lipinski definition) is 2. The fraction of sp³-hybridized carbons (Fsp3) is 0.583. The maximum absolute atomic E-state index is 11.5. The third kappa shape index (κ3) is 1.91. The molecular weight excluding hydrogens is 190 g/mol. The van der Waals surface area contributed by atoms with Crippen LogP contribution in [-0.2, 0) is 11.2 Å². The molecule has 1 atom stereocenters. The number of aryl methyl sites for hydroxylation is 1. The molecule has 2 rings (SSSR count). The van der Waals surface area contributed by atoms with Crippen LogP contribution in [0.3, 0.4) is 0 Å². The second-order valence-corrected chi connectivity index (χ2v) is 4.09. The smallest absolute Gasteiger partial charge is 0.339 e. The van der Waals surface area contributed by atoms with E-state index in [0.29, 0.717) is 18.2 Å². The summed E-state index contributed by atoms with van der Waals surface area (Å²) in [4.78, 5) is 11.5. The van der Waals surface area contributed by atoms with Gasteiger partial charge in [0.1, 0.15) is 0 Å². The molecule has 3 heteroatoms. The Kier molecular flexibility index (Phi) is 2.80. The van der Waals surface area contributed by atoms with Crippen molar-refractivity contribution in [3.63, 3.8) is 0 Å².